The number of aromatic hydroxyl groups is 2. The van der Waals surface area contributed by atoms with Gasteiger partial charge in [0.2, 0.25) is 6.79 Å². The van der Waals surface area contributed by atoms with Gasteiger partial charge in [0.25, 0.3) is 0 Å². The highest BCUT2D eigenvalue weighted by Gasteiger charge is 2.61. The second-order valence-corrected chi connectivity index (χ2v) is 16.1. The fourth-order valence-corrected chi connectivity index (χ4v) is 11.7. The Bertz CT molecular complexity index is 2130. The lowest BCUT2D eigenvalue weighted by Gasteiger charge is -2.62. The minimum atomic E-state index is -1.36. The highest BCUT2D eigenvalue weighted by Crippen LogP contribution is 2.64. The lowest BCUT2D eigenvalue weighted by Crippen LogP contribution is -2.70. The maximum Gasteiger partial charge on any atom is 0.331 e. The number of phenols is 2. The molecular formula is C39H43N3O11S. The molecule has 1 unspecified atom stereocenters. The molecule has 7 aliphatic rings. The van der Waals surface area contributed by atoms with Crippen molar-refractivity contribution in [3.63, 3.8) is 0 Å². The first-order valence-electron chi connectivity index (χ1n) is 18.1. The topological polar surface area (TPSA) is 169 Å². The maximum atomic E-state index is 14.7. The third-order valence-corrected chi connectivity index (χ3v) is 13.7. The van der Waals surface area contributed by atoms with Gasteiger partial charge in [0.05, 0.1) is 37.6 Å². The van der Waals surface area contributed by atoms with Crippen molar-refractivity contribution in [3.8, 4) is 40.2 Å². The van der Waals surface area contributed by atoms with E-state index in [0.717, 1.165) is 16.7 Å². The first-order chi connectivity index (χ1) is 25.9. The molecule has 0 aromatic heterocycles. The largest absolute Gasteiger partial charge is 0.504 e. The smallest absolute Gasteiger partial charge is 0.331 e. The molecule has 3 aromatic rings. The summed E-state index contributed by atoms with van der Waals surface area (Å²) in [4.78, 5) is 31.7. The summed E-state index contributed by atoms with van der Waals surface area (Å²) < 4.78 is 35.9. The number of rotatable bonds is 3. The van der Waals surface area contributed by atoms with E-state index in [1.165, 1.54) is 32.9 Å². The number of carbonyl (C=O) groups excluding carboxylic acids is 2. The molecule has 54 heavy (non-hydrogen) atoms. The van der Waals surface area contributed by atoms with E-state index in [1.807, 2.05) is 31.9 Å². The second-order valence-electron chi connectivity index (χ2n) is 14.9. The molecule has 4 N–H and O–H groups in total. The summed E-state index contributed by atoms with van der Waals surface area (Å²) in [5.41, 5.74) is 4.36. The average molecular weight is 762 g/mol. The Hall–Kier alpha value is -4.41. The van der Waals surface area contributed by atoms with E-state index >= 15 is 0 Å². The summed E-state index contributed by atoms with van der Waals surface area (Å²) in [5.74, 6) is 0.949. The number of nitrogens with zero attached hydrogens (tertiary/aromatic N) is 2. The number of aliphatic hydroxyl groups excluding tert-OH is 1. The number of esters is 2. The number of nitrogens with one attached hydrogen (secondary N) is 1. The summed E-state index contributed by atoms with van der Waals surface area (Å²) >= 11 is 1.47. The molecule has 0 radical (unpaired) electrons. The van der Waals surface area contributed by atoms with Crippen LogP contribution in [0.25, 0.3) is 0 Å². The number of carbonyl (C=O) groups is 2. The number of ether oxygens (including phenoxy) is 6. The van der Waals surface area contributed by atoms with E-state index in [1.54, 1.807) is 12.1 Å². The van der Waals surface area contributed by atoms with E-state index < -0.39 is 47.1 Å². The van der Waals surface area contributed by atoms with Gasteiger partial charge in [-0.3, -0.25) is 19.9 Å². The van der Waals surface area contributed by atoms with Gasteiger partial charge in [-0.2, -0.15) is 0 Å². The van der Waals surface area contributed by atoms with Gasteiger partial charge in [-0.25, -0.2) is 4.79 Å². The molecule has 0 aliphatic carbocycles. The number of piperazine rings is 1. The van der Waals surface area contributed by atoms with Gasteiger partial charge < -0.3 is 43.7 Å². The Balaban J connectivity index is 1.32. The van der Waals surface area contributed by atoms with Crippen molar-refractivity contribution in [1.29, 1.82) is 0 Å². The third-order valence-electron chi connectivity index (χ3n) is 12.3. The molecule has 15 heteroatoms. The normalized spacial score (nSPS) is 29.4. The van der Waals surface area contributed by atoms with Crippen molar-refractivity contribution >= 4 is 23.7 Å². The molecule has 3 aromatic carbocycles. The fraction of sp³-hybridized carbons (Fsp3) is 0.487. The van der Waals surface area contributed by atoms with Crippen LogP contribution in [-0.2, 0) is 32.7 Å². The zero-order valence-corrected chi connectivity index (χ0v) is 31.7. The number of aryl methyl sites for hydroxylation is 1. The van der Waals surface area contributed by atoms with Crippen LogP contribution < -0.4 is 29.0 Å². The lowest BCUT2D eigenvalue weighted by molar-refractivity contribution is -0.186. The zero-order valence-electron chi connectivity index (χ0n) is 30.8. The van der Waals surface area contributed by atoms with Crippen LogP contribution in [0, 0.1) is 13.8 Å². The van der Waals surface area contributed by atoms with Gasteiger partial charge in [0.15, 0.2) is 40.0 Å². The zero-order chi connectivity index (χ0) is 38.0. The van der Waals surface area contributed by atoms with Crippen molar-refractivity contribution < 1.29 is 53.3 Å². The van der Waals surface area contributed by atoms with Gasteiger partial charge in [-0.1, -0.05) is 6.07 Å². The molecule has 14 nitrogen and oxygen atoms in total. The molecule has 1 spiro atoms. The molecule has 7 atom stereocenters. The van der Waals surface area contributed by atoms with Crippen LogP contribution in [0.5, 0.6) is 40.2 Å². The summed E-state index contributed by atoms with van der Waals surface area (Å²) in [6.07, 6.45) is -0.0282. The number of phenolic OH excluding ortho intramolecular Hbond substituents is 2. The Labute approximate surface area is 316 Å². The number of fused-ring (bicyclic) bond motifs is 9. The molecule has 4 bridgehead atoms. The monoisotopic (exact) mass is 761 g/mol. The van der Waals surface area contributed by atoms with Gasteiger partial charge in [0, 0.05) is 47.5 Å². The maximum absolute atomic E-state index is 14.7. The number of benzene rings is 3. The minimum absolute atomic E-state index is 0.0226. The van der Waals surface area contributed by atoms with Crippen LogP contribution in [0.4, 0.5) is 0 Å². The molecule has 0 saturated carbocycles. The highest BCUT2D eigenvalue weighted by atomic mass is 32.2. The van der Waals surface area contributed by atoms with E-state index in [4.69, 9.17) is 28.4 Å². The van der Waals surface area contributed by atoms with Crippen molar-refractivity contribution in [2.45, 2.75) is 74.8 Å². The molecular weight excluding hydrogens is 719 g/mol. The van der Waals surface area contributed by atoms with Gasteiger partial charge in [0.1, 0.15) is 18.6 Å². The first-order valence-corrected chi connectivity index (χ1v) is 19.1. The Morgan fingerprint density at radius 2 is 1.80 bits per heavy atom. The molecule has 7 heterocycles. The standard InChI is InChI=1S/C39H43N3O11S/c1-16-9-20-10-22-37(46)42-23-13-50-38(47)39(21-12-25(48-5)24(44)11-19(21)7-8-40-39)14-54-36(30(42)29(41(22)4)26(20)31(45)32(16)49-6)28-27(23)35-34(51-15-52-35)17(2)33(28)53-18(3)43/h9,11-12,22-23,29-30,36-37,40,44-46H,7-8,10,13-15H2,1-6H3/t22-,23-,29+,30?,36+,37-,39+/m0/s1. The predicted molar refractivity (Wildman–Crippen MR) is 195 cm³/mol. The predicted octanol–water partition coefficient (Wildman–Crippen LogP) is 3.41. The average Bonchev–Trinajstić information content (AvgIpc) is 3.63. The van der Waals surface area contributed by atoms with Crippen molar-refractivity contribution in [2.75, 3.05) is 47.0 Å². The number of hydrogen-bond acceptors (Lipinski definition) is 15. The molecule has 10 rings (SSSR count). The number of hydrogen-bond donors (Lipinski definition) is 4. The van der Waals surface area contributed by atoms with Gasteiger partial charge >= 0.3 is 11.9 Å². The Kier molecular flexibility index (Phi) is 8.21. The summed E-state index contributed by atoms with van der Waals surface area (Å²) in [6, 6.07) is 3.13. The van der Waals surface area contributed by atoms with Crippen LogP contribution in [0.15, 0.2) is 18.2 Å². The minimum Gasteiger partial charge on any atom is -0.504 e. The van der Waals surface area contributed by atoms with Gasteiger partial charge in [-0.15, -0.1) is 11.8 Å². The van der Waals surface area contributed by atoms with Crippen molar-refractivity contribution in [2.24, 2.45) is 0 Å². The number of aliphatic hydroxyl groups is 1. The SMILES string of the molecule is COc1cc2c(cc1O)CCN[C@]21CS[C@@H]2c3c(OC(C)=O)c(C)c4c(c3[C@H](COC1=O)N1C2[C@H]2c3c(cc(C)c(OC)c3O)C[C@@H]([C@@H]1O)N2C)OCO4. The number of thioether (sulfide) groups is 1. The second kappa shape index (κ2) is 12.6. The van der Waals surface area contributed by atoms with Crippen molar-refractivity contribution in [3.05, 3.63) is 62.7 Å². The van der Waals surface area contributed by atoms with Crippen LogP contribution >= 0.6 is 11.8 Å². The van der Waals surface area contributed by atoms with E-state index in [0.29, 0.717) is 70.2 Å². The molecule has 286 valence electrons. The quantitative estimate of drug-likeness (QED) is 0.226. The lowest BCUT2D eigenvalue weighted by atomic mass is 9.73. The molecule has 2 fully saturated rings. The van der Waals surface area contributed by atoms with Crippen LogP contribution in [0.2, 0.25) is 0 Å². The Morgan fingerprint density at radius 1 is 1.02 bits per heavy atom. The highest BCUT2D eigenvalue weighted by molar-refractivity contribution is 7.99. The molecule has 0 amide bonds. The molecule has 2 saturated heterocycles. The number of likely N-dealkylation sites (N-methyl/N-ethyl adjacent to an activating group) is 1. The van der Waals surface area contributed by atoms with E-state index in [2.05, 4.69) is 10.2 Å². The fourth-order valence-electron chi connectivity index (χ4n) is 10.00. The number of methoxy groups -OCH3 is 2. The van der Waals surface area contributed by atoms with E-state index in [9.17, 15) is 24.9 Å². The van der Waals surface area contributed by atoms with Crippen LogP contribution in [-0.4, -0.2) is 102 Å². The van der Waals surface area contributed by atoms with Crippen molar-refractivity contribution in [1.82, 2.24) is 15.1 Å². The van der Waals surface area contributed by atoms with Crippen LogP contribution in [0.1, 0.15) is 68.8 Å². The first kappa shape index (κ1) is 35.3. The summed E-state index contributed by atoms with van der Waals surface area (Å²) in [7, 11) is 4.96. The summed E-state index contributed by atoms with van der Waals surface area (Å²) in [5, 5.41) is 38.2. The van der Waals surface area contributed by atoms with E-state index in [-0.39, 0.29) is 42.4 Å². The summed E-state index contributed by atoms with van der Waals surface area (Å²) in [6.45, 7) is 5.26. The van der Waals surface area contributed by atoms with Crippen LogP contribution in [0.3, 0.4) is 0 Å². The third kappa shape index (κ3) is 4.74. The molecule has 7 aliphatic heterocycles. The Morgan fingerprint density at radius 3 is 2.54 bits per heavy atom. The van der Waals surface area contributed by atoms with Gasteiger partial charge in [-0.05, 0) is 68.1 Å².